The van der Waals surface area contributed by atoms with Crippen molar-refractivity contribution in [3.63, 3.8) is 0 Å². The van der Waals surface area contributed by atoms with E-state index in [9.17, 15) is 19.2 Å². The molecule has 0 aliphatic rings. The molecular weight excluding hydrogens is 216 g/mol. The molecule has 0 unspecified atom stereocenters. The molecule has 0 aromatic rings. The molecule has 7 heteroatoms. The van der Waals surface area contributed by atoms with Gasteiger partial charge in [-0.15, -0.1) is 0 Å². The molecule has 90 valence electrons. The Kier molecular flexibility index (Phi) is 5.14. The smallest absolute Gasteiger partial charge is 0.303 e. The molecule has 0 spiro atoms. The second-order valence-electron chi connectivity index (χ2n) is 3.16. The first kappa shape index (κ1) is 14.1. The zero-order valence-electron chi connectivity index (χ0n) is 9.39. The third-order valence-electron chi connectivity index (χ3n) is 1.81. The Morgan fingerprint density at radius 3 is 1.75 bits per heavy atom. The lowest BCUT2D eigenvalue weighted by Crippen LogP contribution is -2.49. The van der Waals surface area contributed by atoms with E-state index in [0.717, 1.165) is 18.9 Å². The van der Waals surface area contributed by atoms with E-state index >= 15 is 0 Å². The van der Waals surface area contributed by atoms with Crippen molar-refractivity contribution in [3.05, 3.63) is 0 Å². The van der Waals surface area contributed by atoms with Gasteiger partial charge in [-0.3, -0.25) is 19.2 Å². The van der Waals surface area contributed by atoms with Crippen LogP contribution in [0.5, 0.6) is 0 Å². The van der Waals surface area contributed by atoms with Gasteiger partial charge in [0.15, 0.2) is 0 Å². The van der Waals surface area contributed by atoms with Gasteiger partial charge in [-0.1, -0.05) is 0 Å². The van der Waals surface area contributed by atoms with Gasteiger partial charge in [-0.2, -0.15) is 5.01 Å². The van der Waals surface area contributed by atoms with Gasteiger partial charge in [0.25, 0.3) is 0 Å². The van der Waals surface area contributed by atoms with E-state index < -0.39 is 23.7 Å². The molecule has 0 aromatic carbocycles. The Labute approximate surface area is 92.6 Å². The molecule has 0 saturated carbocycles. The number of carboxylic acids is 1. The summed E-state index contributed by atoms with van der Waals surface area (Å²) < 4.78 is 0. The highest BCUT2D eigenvalue weighted by molar-refractivity contribution is 5.95. The number of carbonyl (C=O) groups excluding carboxylic acids is 3. The SMILES string of the molecule is CC(=O)N(C(C)=O)N(C)C(=O)CCC(=O)O. The summed E-state index contributed by atoms with van der Waals surface area (Å²) in [5.74, 6) is -2.91. The number of hydrazine groups is 1. The molecule has 0 bridgehead atoms. The first-order valence-electron chi connectivity index (χ1n) is 4.57. The van der Waals surface area contributed by atoms with Crippen LogP contribution in [0.15, 0.2) is 0 Å². The van der Waals surface area contributed by atoms with E-state index in [1.54, 1.807) is 0 Å². The number of imide groups is 1. The van der Waals surface area contributed by atoms with Crippen LogP contribution in [0.25, 0.3) is 0 Å². The van der Waals surface area contributed by atoms with Crippen molar-refractivity contribution in [2.24, 2.45) is 0 Å². The summed E-state index contributed by atoms with van der Waals surface area (Å²) >= 11 is 0. The number of hydrogen-bond acceptors (Lipinski definition) is 4. The third kappa shape index (κ3) is 4.07. The van der Waals surface area contributed by atoms with Crippen LogP contribution >= 0.6 is 0 Å². The lowest BCUT2D eigenvalue weighted by atomic mass is 10.3. The van der Waals surface area contributed by atoms with E-state index in [1.165, 1.54) is 7.05 Å². The van der Waals surface area contributed by atoms with Crippen LogP contribution in [0.4, 0.5) is 0 Å². The number of amides is 3. The number of aliphatic carboxylic acids is 1. The van der Waals surface area contributed by atoms with Crippen LogP contribution in [-0.4, -0.2) is 45.9 Å². The highest BCUT2D eigenvalue weighted by Gasteiger charge is 2.23. The van der Waals surface area contributed by atoms with Crippen molar-refractivity contribution in [2.45, 2.75) is 26.7 Å². The fraction of sp³-hybridized carbons (Fsp3) is 0.556. The molecule has 3 amide bonds. The monoisotopic (exact) mass is 230 g/mol. The van der Waals surface area contributed by atoms with Crippen LogP contribution in [-0.2, 0) is 19.2 Å². The summed E-state index contributed by atoms with van der Waals surface area (Å²) in [7, 11) is 1.24. The topological polar surface area (TPSA) is 95.0 Å². The minimum atomic E-state index is -1.11. The van der Waals surface area contributed by atoms with Crippen molar-refractivity contribution in [1.29, 1.82) is 0 Å². The third-order valence-corrected chi connectivity index (χ3v) is 1.81. The quantitative estimate of drug-likeness (QED) is 0.667. The van der Waals surface area contributed by atoms with Gasteiger partial charge in [0.05, 0.1) is 6.42 Å². The maximum Gasteiger partial charge on any atom is 0.303 e. The number of carbonyl (C=O) groups is 4. The minimum Gasteiger partial charge on any atom is -0.481 e. The van der Waals surface area contributed by atoms with E-state index in [-0.39, 0.29) is 12.8 Å². The van der Waals surface area contributed by atoms with E-state index in [0.29, 0.717) is 5.01 Å². The Hall–Kier alpha value is -1.92. The zero-order valence-corrected chi connectivity index (χ0v) is 9.39. The minimum absolute atomic E-state index is 0.261. The molecule has 0 heterocycles. The second-order valence-corrected chi connectivity index (χ2v) is 3.16. The second kappa shape index (κ2) is 5.84. The molecule has 0 aromatic heterocycles. The van der Waals surface area contributed by atoms with Crippen LogP contribution < -0.4 is 0 Å². The molecule has 0 aliphatic heterocycles. The highest BCUT2D eigenvalue weighted by Crippen LogP contribution is 2.02. The van der Waals surface area contributed by atoms with Gasteiger partial charge in [0.1, 0.15) is 0 Å². The van der Waals surface area contributed by atoms with Gasteiger partial charge >= 0.3 is 5.97 Å². The summed E-state index contributed by atoms with van der Waals surface area (Å²) in [5, 5.41) is 9.87. The summed E-state index contributed by atoms with van der Waals surface area (Å²) in [6, 6.07) is 0. The predicted octanol–water partition coefficient (Wildman–Crippen LogP) is -0.380. The Morgan fingerprint density at radius 2 is 1.44 bits per heavy atom. The molecule has 0 saturated heterocycles. The average molecular weight is 230 g/mol. The fourth-order valence-corrected chi connectivity index (χ4v) is 1.13. The maximum atomic E-state index is 11.4. The summed E-state index contributed by atoms with van der Waals surface area (Å²) in [5.41, 5.74) is 0. The van der Waals surface area contributed by atoms with Crippen molar-refractivity contribution in [1.82, 2.24) is 10.0 Å². The van der Waals surface area contributed by atoms with Gasteiger partial charge < -0.3 is 5.11 Å². The van der Waals surface area contributed by atoms with Gasteiger partial charge in [0, 0.05) is 27.3 Å². The van der Waals surface area contributed by atoms with Gasteiger partial charge in [0.2, 0.25) is 17.7 Å². The molecule has 7 nitrogen and oxygen atoms in total. The largest absolute Gasteiger partial charge is 0.481 e. The summed E-state index contributed by atoms with van der Waals surface area (Å²) in [6.45, 7) is 2.28. The summed E-state index contributed by atoms with van der Waals surface area (Å²) in [4.78, 5) is 43.8. The highest BCUT2D eigenvalue weighted by atomic mass is 16.4. The van der Waals surface area contributed by atoms with Crippen LogP contribution in [0, 0.1) is 0 Å². The zero-order chi connectivity index (χ0) is 12.9. The van der Waals surface area contributed by atoms with Crippen molar-refractivity contribution in [2.75, 3.05) is 7.05 Å². The molecule has 0 fully saturated rings. The number of carboxylic acid groups (broad SMARTS) is 1. The van der Waals surface area contributed by atoms with Crippen molar-refractivity contribution < 1.29 is 24.3 Å². The maximum absolute atomic E-state index is 11.4. The van der Waals surface area contributed by atoms with Crippen LogP contribution in [0.2, 0.25) is 0 Å². The standard InChI is InChI=1S/C9H14N2O5/c1-6(12)11(7(2)13)10(3)8(14)4-5-9(15)16/h4-5H2,1-3H3,(H,15,16). The molecule has 0 atom stereocenters. The molecule has 16 heavy (non-hydrogen) atoms. The molecule has 0 aliphatic carbocycles. The molecular formula is C9H14N2O5. The van der Waals surface area contributed by atoms with E-state index in [4.69, 9.17) is 5.11 Å². The summed E-state index contributed by atoms with van der Waals surface area (Å²) in [6.07, 6.45) is -0.601. The van der Waals surface area contributed by atoms with E-state index in [1.807, 2.05) is 0 Å². The predicted molar refractivity (Wildman–Crippen MR) is 52.8 cm³/mol. The molecule has 0 radical (unpaired) electrons. The fourth-order valence-electron chi connectivity index (χ4n) is 1.13. The van der Waals surface area contributed by atoms with Crippen LogP contribution in [0.3, 0.4) is 0 Å². The molecule has 1 N–H and O–H groups in total. The number of rotatable bonds is 3. The normalized spacial score (nSPS) is 9.44. The first-order chi connectivity index (χ1) is 7.27. The lowest BCUT2D eigenvalue weighted by Gasteiger charge is -2.27. The van der Waals surface area contributed by atoms with Crippen molar-refractivity contribution >= 4 is 23.7 Å². The Bertz CT molecular complexity index is 312. The van der Waals surface area contributed by atoms with Crippen molar-refractivity contribution in [3.8, 4) is 0 Å². The number of hydrogen-bond donors (Lipinski definition) is 1. The van der Waals surface area contributed by atoms with Crippen LogP contribution in [0.1, 0.15) is 26.7 Å². The van der Waals surface area contributed by atoms with Gasteiger partial charge in [-0.05, 0) is 0 Å². The first-order valence-corrected chi connectivity index (χ1v) is 4.57. The lowest BCUT2D eigenvalue weighted by molar-refractivity contribution is -0.168. The number of nitrogens with zero attached hydrogens (tertiary/aromatic N) is 2. The molecule has 0 rings (SSSR count). The Morgan fingerprint density at radius 1 is 1.00 bits per heavy atom. The Balaban J connectivity index is 4.56. The average Bonchev–Trinajstić information content (AvgIpc) is 2.12. The van der Waals surface area contributed by atoms with E-state index in [2.05, 4.69) is 0 Å². The van der Waals surface area contributed by atoms with Gasteiger partial charge in [-0.25, -0.2) is 5.01 Å².